The number of aromatic nitrogens is 1. The van der Waals surface area contributed by atoms with E-state index in [1.165, 1.54) is 12.3 Å². The minimum atomic E-state index is -0.429. The van der Waals surface area contributed by atoms with Gasteiger partial charge in [-0.15, -0.1) is 0 Å². The summed E-state index contributed by atoms with van der Waals surface area (Å²) in [5, 5.41) is 11.8. The molecule has 4 nitrogen and oxygen atoms in total. The van der Waals surface area contributed by atoms with Gasteiger partial charge in [-0.05, 0) is 31.2 Å². The SMILES string of the molecule is CCOc1ccc(Nc2ccnc(C#N)c2)cc1F. The van der Waals surface area contributed by atoms with Crippen LogP contribution < -0.4 is 10.1 Å². The van der Waals surface area contributed by atoms with Crippen molar-refractivity contribution in [1.82, 2.24) is 4.98 Å². The molecule has 1 aromatic carbocycles. The highest BCUT2D eigenvalue weighted by Gasteiger charge is 2.04. The lowest BCUT2D eigenvalue weighted by molar-refractivity contribution is 0.321. The molecule has 0 unspecified atom stereocenters. The zero-order chi connectivity index (χ0) is 13.7. The summed E-state index contributed by atoms with van der Waals surface area (Å²) in [5.74, 6) is -0.207. The maximum absolute atomic E-state index is 13.7. The summed E-state index contributed by atoms with van der Waals surface area (Å²) in [6.07, 6.45) is 1.52. The lowest BCUT2D eigenvalue weighted by Gasteiger charge is -2.09. The predicted octanol–water partition coefficient (Wildman–Crippen LogP) is 3.23. The van der Waals surface area contributed by atoms with Crippen LogP contribution in [0.4, 0.5) is 15.8 Å². The van der Waals surface area contributed by atoms with Crippen molar-refractivity contribution in [3.8, 4) is 11.8 Å². The molecule has 0 bridgehead atoms. The summed E-state index contributed by atoms with van der Waals surface area (Å²) in [6.45, 7) is 2.21. The lowest BCUT2D eigenvalue weighted by atomic mass is 10.2. The Morgan fingerprint density at radius 1 is 1.32 bits per heavy atom. The number of hydrogen-bond acceptors (Lipinski definition) is 4. The molecule has 1 aromatic heterocycles. The average Bonchev–Trinajstić information content (AvgIpc) is 2.42. The topological polar surface area (TPSA) is 57.9 Å². The number of nitrogens with one attached hydrogen (secondary N) is 1. The molecule has 0 amide bonds. The number of rotatable bonds is 4. The van der Waals surface area contributed by atoms with E-state index in [0.717, 1.165) is 0 Å². The van der Waals surface area contributed by atoms with E-state index in [9.17, 15) is 4.39 Å². The van der Waals surface area contributed by atoms with Gasteiger partial charge in [-0.2, -0.15) is 5.26 Å². The van der Waals surface area contributed by atoms with Crippen LogP contribution in [0.3, 0.4) is 0 Å². The summed E-state index contributed by atoms with van der Waals surface area (Å²) < 4.78 is 18.8. The Balaban J connectivity index is 2.19. The first-order chi connectivity index (χ1) is 9.22. The van der Waals surface area contributed by atoms with Crippen LogP contribution in [0.25, 0.3) is 0 Å². The Bertz CT molecular complexity index is 622. The molecule has 0 radical (unpaired) electrons. The van der Waals surface area contributed by atoms with E-state index in [0.29, 0.717) is 23.7 Å². The number of anilines is 2. The highest BCUT2D eigenvalue weighted by Crippen LogP contribution is 2.23. The van der Waals surface area contributed by atoms with Gasteiger partial charge in [0.1, 0.15) is 11.8 Å². The van der Waals surface area contributed by atoms with Gasteiger partial charge in [0, 0.05) is 23.6 Å². The standard InChI is InChI=1S/C14H12FN3O/c1-2-19-14-4-3-10(8-13(14)15)18-11-5-6-17-12(7-11)9-16/h3-8H,2H2,1H3,(H,17,18). The molecule has 0 fully saturated rings. The number of benzene rings is 1. The first-order valence-corrected chi connectivity index (χ1v) is 5.78. The van der Waals surface area contributed by atoms with Crippen LogP contribution in [0.2, 0.25) is 0 Å². The zero-order valence-electron chi connectivity index (χ0n) is 10.4. The van der Waals surface area contributed by atoms with Crippen LogP contribution in [0.1, 0.15) is 12.6 Å². The Labute approximate surface area is 110 Å². The zero-order valence-corrected chi connectivity index (χ0v) is 10.4. The molecular formula is C14H12FN3O. The Morgan fingerprint density at radius 2 is 2.11 bits per heavy atom. The van der Waals surface area contributed by atoms with Gasteiger partial charge >= 0.3 is 0 Å². The third kappa shape index (κ3) is 3.19. The number of pyridine rings is 1. The van der Waals surface area contributed by atoms with Gasteiger partial charge in [-0.1, -0.05) is 0 Å². The van der Waals surface area contributed by atoms with Crippen molar-refractivity contribution in [2.45, 2.75) is 6.92 Å². The number of nitrogens with zero attached hydrogens (tertiary/aromatic N) is 2. The molecule has 5 heteroatoms. The first kappa shape index (κ1) is 12.8. The predicted molar refractivity (Wildman–Crippen MR) is 69.8 cm³/mol. The molecule has 0 spiro atoms. The van der Waals surface area contributed by atoms with E-state index in [-0.39, 0.29) is 5.75 Å². The van der Waals surface area contributed by atoms with E-state index < -0.39 is 5.82 Å². The lowest BCUT2D eigenvalue weighted by Crippen LogP contribution is -1.97. The summed E-state index contributed by atoms with van der Waals surface area (Å²) in [6, 6.07) is 9.86. The van der Waals surface area contributed by atoms with Crippen molar-refractivity contribution in [1.29, 1.82) is 5.26 Å². The van der Waals surface area contributed by atoms with Crippen molar-refractivity contribution in [3.63, 3.8) is 0 Å². The molecule has 0 atom stereocenters. The van der Waals surface area contributed by atoms with Gasteiger partial charge in [0.15, 0.2) is 11.6 Å². The number of halogens is 1. The van der Waals surface area contributed by atoms with Crippen molar-refractivity contribution >= 4 is 11.4 Å². The van der Waals surface area contributed by atoms with Crippen molar-refractivity contribution in [2.24, 2.45) is 0 Å². The van der Waals surface area contributed by atoms with E-state index in [4.69, 9.17) is 10.00 Å². The number of hydrogen-bond donors (Lipinski definition) is 1. The van der Waals surface area contributed by atoms with Gasteiger partial charge in [0.05, 0.1) is 6.61 Å². The summed E-state index contributed by atoms with van der Waals surface area (Å²) in [7, 11) is 0. The van der Waals surface area contributed by atoms with Crippen LogP contribution in [-0.4, -0.2) is 11.6 Å². The van der Waals surface area contributed by atoms with E-state index in [1.807, 2.05) is 6.07 Å². The smallest absolute Gasteiger partial charge is 0.167 e. The molecule has 2 aromatic rings. The van der Waals surface area contributed by atoms with Gasteiger partial charge in [0.25, 0.3) is 0 Å². The van der Waals surface area contributed by atoms with Crippen LogP contribution in [-0.2, 0) is 0 Å². The molecule has 2 rings (SSSR count). The van der Waals surface area contributed by atoms with Crippen LogP contribution in [0, 0.1) is 17.1 Å². The molecule has 0 saturated carbocycles. The van der Waals surface area contributed by atoms with Crippen molar-refractivity contribution in [3.05, 3.63) is 48.0 Å². The molecule has 0 saturated heterocycles. The molecule has 96 valence electrons. The Hall–Kier alpha value is -2.61. The highest BCUT2D eigenvalue weighted by atomic mass is 19.1. The van der Waals surface area contributed by atoms with Crippen LogP contribution >= 0.6 is 0 Å². The van der Waals surface area contributed by atoms with Crippen LogP contribution in [0.5, 0.6) is 5.75 Å². The van der Waals surface area contributed by atoms with Crippen molar-refractivity contribution in [2.75, 3.05) is 11.9 Å². The van der Waals surface area contributed by atoms with Gasteiger partial charge < -0.3 is 10.1 Å². The summed E-state index contributed by atoms with van der Waals surface area (Å²) in [5.41, 5.74) is 1.56. The second kappa shape index (κ2) is 5.83. The van der Waals surface area contributed by atoms with Crippen molar-refractivity contribution < 1.29 is 9.13 Å². The fourth-order valence-corrected chi connectivity index (χ4v) is 1.59. The third-order valence-corrected chi connectivity index (χ3v) is 2.39. The molecule has 1 N–H and O–H groups in total. The minimum Gasteiger partial charge on any atom is -0.491 e. The molecule has 19 heavy (non-hydrogen) atoms. The molecule has 1 heterocycles. The quantitative estimate of drug-likeness (QED) is 0.913. The highest BCUT2D eigenvalue weighted by molar-refractivity contribution is 5.61. The first-order valence-electron chi connectivity index (χ1n) is 5.78. The normalized spacial score (nSPS) is 9.74. The summed E-state index contributed by atoms with van der Waals surface area (Å²) >= 11 is 0. The average molecular weight is 257 g/mol. The van der Waals surface area contributed by atoms with E-state index in [1.54, 1.807) is 31.2 Å². The van der Waals surface area contributed by atoms with Gasteiger partial charge in [0.2, 0.25) is 0 Å². The molecular weight excluding hydrogens is 245 g/mol. The second-order valence-corrected chi connectivity index (χ2v) is 3.74. The fourth-order valence-electron chi connectivity index (χ4n) is 1.59. The van der Waals surface area contributed by atoms with Gasteiger partial charge in [-0.3, -0.25) is 0 Å². The monoisotopic (exact) mass is 257 g/mol. The van der Waals surface area contributed by atoms with Gasteiger partial charge in [-0.25, -0.2) is 9.37 Å². The fraction of sp³-hybridized carbons (Fsp3) is 0.143. The molecule has 0 aliphatic heterocycles. The number of nitriles is 1. The largest absolute Gasteiger partial charge is 0.491 e. The maximum atomic E-state index is 13.7. The third-order valence-electron chi connectivity index (χ3n) is 2.39. The minimum absolute atomic E-state index is 0.223. The summed E-state index contributed by atoms with van der Waals surface area (Å²) in [4.78, 5) is 3.86. The maximum Gasteiger partial charge on any atom is 0.167 e. The van der Waals surface area contributed by atoms with E-state index >= 15 is 0 Å². The molecule has 0 aliphatic carbocycles. The Kier molecular flexibility index (Phi) is 3.94. The second-order valence-electron chi connectivity index (χ2n) is 3.74. The Morgan fingerprint density at radius 3 is 2.79 bits per heavy atom. The molecule has 0 aliphatic rings. The van der Waals surface area contributed by atoms with E-state index in [2.05, 4.69) is 10.3 Å². The number of ether oxygens (including phenoxy) is 1. The van der Waals surface area contributed by atoms with Crippen LogP contribution in [0.15, 0.2) is 36.5 Å².